The van der Waals surface area contributed by atoms with E-state index in [0.717, 1.165) is 11.2 Å². The molecule has 1 fully saturated rings. The van der Waals surface area contributed by atoms with Gasteiger partial charge >= 0.3 is 0 Å². The van der Waals surface area contributed by atoms with Gasteiger partial charge in [0.05, 0.1) is 13.2 Å². The molecule has 0 unspecified atom stereocenters. The van der Waals surface area contributed by atoms with Crippen LogP contribution in [0.5, 0.6) is 0 Å². The Morgan fingerprint density at radius 2 is 2.21 bits per heavy atom. The van der Waals surface area contributed by atoms with Crippen LogP contribution in [0.15, 0.2) is 28.9 Å². The van der Waals surface area contributed by atoms with E-state index in [1.54, 1.807) is 18.0 Å². The number of aromatic nitrogens is 4. The lowest BCUT2D eigenvalue weighted by Gasteiger charge is -2.32. The molecule has 24 heavy (non-hydrogen) atoms. The molecule has 0 N–H and O–H groups in total. The van der Waals surface area contributed by atoms with E-state index in [1.165, 1.54) is 0 Å². The number of hydrogen-bond acceptors (Lipinski definition) is 6. The first-order chi connectivity index (χ1) is 11.6. The van der Waals surface area contributed by atoms with Gasteiger partial charge in [-0.2, -0.15) is 0 Å². The van der Waals surface area contributed by atoms with Crippen LogP contribution in [0.4, 0.5) is 0 Å². The van der Waals surface area contributed by atoms with Gasteiger partial charge in [0, 0.05) is 25.9 Å². The summed E-state index contributed by atoms with van der Waals surface area (Å²) in [5.41, 5.74) is 2.23. The standard InChI is InChI=1S/C16H17N5O3/c1-10-3-4-20-8-12(17-14(20)7-10)16(22)21-5-6-23-9-13(21)15-19-18-11(2)24-15/h3-4,7-8,13H,5-6,9H2,1-2H3/t13-/m1/s1. The highest BCUT2D eigenvalue weighted by molar-refractivity contribution is 5.93. The van der Waals surface area contributed by atoms with Crippen LogP contribution in [0.2, 0.25) is 0 Å². The molecule has 8 nitrogen and oxygen atoms in total. The van der Waals surface area contributed by atoms with E-state index in [4.69, 9.17) is 9.15 Å². The molecule has 4 heterocycles. The average Bonchev–Trinajstić information content (AvgIpc) is 3.20. The fourth-order valence-corrected chi connectivity index (χ4v) is 2.83. The molecule has 0 radical (unpaired) electrons. The maximum atomic E-state index is 12.9. The van der Waals surface area contributed by atoms with Gasteiger partial charge in [0.25, 0.3) is 5.91 Å². The van der Waals surface area contributed by atoms with Gasteiger partial charge in [-0.1, -0.05) is 0 Å². The number of carbonyl (C=O) groups excluding carboxylic acids is 1. The molecule has 1 atom stereocenters. The summed E-state index contributed by atoms with van der Waals surface area (Å²) in [4.78, 5) is 19.1. The third kappa shape index (κ3) is 2.54. The second-order valence-electron chi connectivity index (χ2n) is 5.84. The minimum absolute atomic E-state index is 0.166. The molecule has 1 amide bonds. The zero-order valence-corrected chi connectivity index (χ0v) is 13.5. The van der Waals surface area contributed by atoms with Gasteiger partial charge in [-0.05, 0) is 24.6 Å². The molecule has 0 bridgehead atoms. The van der Waals surface area contributed by atoms with Crippen LogP contribution in [-0.4, -0.2) is 50.1 Å². The number of pyridine rings is 1. The number of imidazole rings is 1. The molecule has 4 rings (SSSR count). The number of ether oxygens (including phenoxy) is 1. The summed E-state index contributed by atoms with van der Waals surface area (Å²) >= 11 is 0. The van der Waals surface area contributed by atoms with Gasteiger partial charge in [0.15, 0.2) is 0 Å². The number of morpholine rings is 1. The SMILES string of the molecule is Cc1ccn2cc(C(=O)N3CCOC[C@@H]3c3nnc(C)o3)nc2c1. The Bertz CT molecular complexity index is 900. The normalized spacial score (nSPS) is 18.2. The van der Waals surface area contributed by atoms with Crippen LogP contribution >= 0.6 is 0 Å². The van der Waals surface area contributed by atoms with Gasteiger partial charge in [-0.3, -0.25) is 4.79 Å². The van der Waals surface area contributed by atoms with E-state index >= 15 is 0 Å². The van der Waals surface area contributed by atoms with Crippen molar-refractivity contribution in [3.8, 4) is 0 Å². The second-order valence-corrected chi connectivity index (χ2v) is 5.84. The molecular formula is C16H17N5O3. The molecule has 1 saturated heterocycles. The number of carbonyl (C=O) groups is 1. The number of amides is 1. The fraction of sp³-hybridized carbons (Fsp3) is 0.375. The molecule has 0 spiro atoms. The predicted octanol–water partition coefficient (Wildman–Crippen LogP) is 1.55. The van der Waals surface area contributed by atoms with Crippen molar-refractivity contribution < 1.29 is 13.9 Å². The molecular weight excluding hydrogens is 310 g/mol. The highest BCUT2D eigenvalue weighted by Crippen LogP contribution is 2.25. The van der Waals surface area contributed by atoms with E-state index in [1.807, 2.05) is 29.7 Å². The number of fused-ring (bicyclic) bond motifs is 1. The van der Waals surface area contributed by atoms with Crippen molar-refractivity contribution in [2.45, 2.75) is 19.9 Å². The molecule has 0 aliphatic carbocycles. The number of aryl methyl sites for hydroxylation is 2. The molecule has 3 aromatic rings. The maximum Gasteiger partial charge on any atom is 0.274 e. The molecule has 1 aliphatic heterocycles. The highest BCUT2D eigenvalue weighted by atomic mass is 16.5. The Balaban J connectivity index is 1.67. The van der Waals surface area contributed by atoms with Crippen LogP contribution in [0.3, 0.4) is 0 Å². The van der Waals surface area contributed by atoms with Gasteiger partial charge in [0.2, 0.25) is 11.8 Å². The second kappa shape index (κ2) is 5.72. The molecule has 3 aromatic heterocycles. The van der Waals surface area contributed by atoms with E-state index in [0.29, 0.717) is 37.2 Å². The van der Waals surface area contributed by atoms with Crippen LogP contribution in [0, 0.1) is 13.8 Å². The lowest BCUT2D eigenvalue weighted by Crippen LogP contribution is -2.43. The number of hydrogen-bond donors (Lipinski definition) is 0. The first-order valence-corrected chi connectivity index (χ1v) is 7.76. The Morgan fingerprint density at radius 3 is 3.00 bits per heavy atom. The van der Waals surface area contributed by atoms with Gasteiger partial charge in [-0.25, -0.2) is 4.98 Å². The van der Waals surface area contributed by atoms with Crippen molar-refractivity contribution in [1.82, 2.24) is 24.5 Å². The van der Waals surface area contributed by atoms with Crippen LogP contribution in [0.25, 0.3) is 5.65 Å². The zero-order chi connectivity index (χ0) is 16.7. The summed E-state index contributed by atoms with van der Waals surface area (Å²) in [6.45, 7) is 4.97. The Morgan fingerprint density at radius 1 is 1.33 bits per heavy atom. The van der Waals surface area contributed by atoms with E-state index in [9.17, 15) is 4.79 Å². The molecule has 124 valence electrons. The molecule has 1 aliphatic rings. The fourth-order valence-electron chi connectivity index (χ4n) is 2.83. The maximum absolute atomic E-state index is 12.9. The summed E-state index contributed by atoms with van der Waals surface area (Å²) in [6.07, 6.45) is 3.63. The summed E-state index contributed by atoms with van der Waals surface area (Å²) in [5.74, 6) is 0.687. The summed E-state index contributed by atoms with van der Waals surface area (Å²) < 4.78 is 12.8. The lowest BCUT2D eigenvalue weighted by atomic mass is 10.2. The third-order valence-electron chi connectivity index (χ3n) is 4.05. The number of nitrogens with zero attached hydrogens (tertiary/aromatic N) is 5. The number of rotatable bonds is 2. The summed E-state index contributed by atoms with van der Waals surface area (Å²) in [7, 11) is 0. The van der Waals surface area contributed by atoms with Crippen molar-refractivity contribution in [3.05, 3.63) is 47.6 Å². The van der Waals surface area contributed by atoms with Gasteiger partial charge in [0.1, 0.15) is 17.4 Å². The smallest absolute Gasteiger partial charge is 0.274 e. The summed E-state index contributed by atoms with van der Waals surface area (Å²) in [5, 5.41) is 7.88. The Labute approximate surface area is 138 Å². The van der Waals surface area contributed by atoms with Crippen molar-refractivity contribution in [1.29, 1.82) is 0 Å². The Kier molecular flexibility index (Phi) is 3.53. The quantitative estimate of drug-likeness (QED) is 0.710. The van der Waals surface area contributed by atoms with Crippen LogP contribution in [-0.2, 0) is 4.74 Å². The van der Waals surface area contributed by atoms with Crippen molar-refractivity contribution in [3.63, 3.8) is 0 Å². The van der Waals surface area contributed by atoms with Crippen molar-refractivity contribution >= 4 is 11.6 Å². The van der Waals surface area contributed by atoms with Crippen LogP contribution in [0.1, 0.15) is 33.9 Å². The first-order valence-electron chi connectivity index (χ1n) is 7.76. The topological polar surface area (TPSA) is 85.8 Å². The predicted molar refractivity (Wildman–Crippen MR) is 83.6 cm³/mol. The minimum Gasteiger partial charge on any atom is -0.423 e. The lowest BCUT2D eigenvalue weighted by molar-refractivity contribution is -0.0109. The first kappa shape index (κ1) is 14.8. The van der Waals surface area contributed by atoms with Gasteiger partial charge in [-0.15, -0.1) is 10.2 Å². The molecule has 0 saturated carbocycles. The van der Waals surface area contributed by atoms with E-state index in [2.05, 4.69) is 15.2 Å². The Hall–Kier alpha value is -2.74. The average molecular weight is 327 g/mol. The van der Waals surface area contributed by atoms with Crippen molar-refractivity contribution in [2.75, 3.05) is 19.8 Å². The summed E-state index contributed by atoms with van der Waals surface area (Å²) in [6, 6.07) is 3.52. The largest absolute Gasteiger partial charge is 0.423 e. The molecule has 0 aromatic carbocycles. The highest BCUT2D eigenvalue weighted by Gasteiger charge is 2.34. The van der Waals surface area contributed by atoms with Crippen LogP contribution < -0.4 is 0 Å². The molecule has 8 heteroatoms. The van der Waals surface area contributed by atoms with E-state index in [-0.39, 0.29) is 11.9 Å². The van der Waals surface area contributed by atoms with Crippen molar-refractivity contribution in [2.24, 2.45) is 0 Å². The minimum atomic E-state index is -0.390. The zero-order valence-electron chi connectivity index (χ0n) is 13.5. The van der Waals surface area contributed by atoms with Gasteiger partial charge < -0.3 is 18.5 Å². The monoisotopic (exact) mass is 327 g/mol. The van der Waals surface area contributed by atoms with E-state index < -0.39 is 0 Å². The third-order valence-corrected chi connectivity index (χ3v) is 4.05.